The highest BCUT2D eigenvalue weighted by Gasteiger charge is 2.28. The third kappa shape index (κ3) is 4.67. The van der Waals surface area contributed by atoms with Crippen LogP contribution in [0.4, 0.5) is 13.2 Å². The van der Waals surface area contributed by atoms with Gasteiger partial charge in [-0.3, -0.25) is 4.90 Å². The van der Waals surface area contributed by atoms with Crippen molar-refractivity contribution >= 4 is 0 Å². The zero-order valence-electron chi connectivity index (χ0n) is 9.68. The van der Waals surface area contributed by atoms with E-state index in [0.717, 1.165) is 13.0 Å². The molecule has 2 unspecified atom stereocenters. The molecule has 3 nitrogen and oxygen atoms in total. The van der Waals surface area contributed by atoms with E-state index in [-0.39, 0.29) is 6.10 Å². The van der Waals surface area contributed by atoms with Crippen LogP contribution in [-0.2, 0) is 4.74 Å². The van der Waals surface area contributed by atoms with Gasteiger partial charge < -0.3 is 10.1 Å². The standard InChI is InChI=1S/C10H19F3N2O/c1-8-9(3-6-16-8)15(2)5-4-14-7-10(11,12)13/h8-9,14H,3-7H2,1-2H3. The predicted octanol–water partition coefficient (Wildman–Crippen LogP) is 1.25. The number of alkyl halides is 3. The van der Waals surface area contributed by atoms with Gasteiger partial charge >= 0.3 is 6.18 Å². The molecule has 1 N–H and O–H groups in total. The molecule has 0 aromatic carbocycles. The summed E-state index contributed by atoms with van der Waals surface area (Å²) in [6, 6.07) is 0.327. The minimum absolute atomic E-state index is 0.174. The molecule has 1 aliphatic rings. The van der Waals surface area contributed by atoms with Crippen molar-refractivity contribution in [3.8, 4) is 0 Å². The molecule has 6 heteroatoms. The molecule has 0 spiro atoms. The molecule has 1 rings (SSSR count). The van der Waals surface area contributed by atoms with Crippen molar-refractivity contribution in [3.63, 3.8) is 0 Å². The number of hydrogen-bond acceptors (Lipinski definition) is 3. The van der Waals surface area contributed by atoms with E-state index in [1.807, 2.05) is 14.0 Å². The SMILES string of the molecule is CC1OCCC1N(C)CCNCC(F)(F)F. The zero-order chi connectivity index (χ0) is 12.2. The number of nitrogens with zero attached hydrogens (tertiary/aromatic N) is 1. The van der Waals surface area contributed by atoms with Crippen LogP contribution in [0.2, 0.25) is 0 Å². The van der Waals surface area contributed by atoms with Crippen LogP contribution in [0.25, 0.3) is 0 Å². The molecule has 0 aromatic rings. The molecule has 1 aliphatic heterocycles. The fourth-order valence-corrected chi connectivity index (χ4v) is 1.95. The molecule has 1 fully saturated rings. The van der Waals surface area contributed by atoms with E-state index >= 15 is 0 Å². The number of halogens is 3. The average Bonchev–Trinajstić information content (AvgIpc) is 2.57. The minimum Gasteiger partial charge on any atom is -0.377 e. The summed E-state index contributed by atoms with van der Waals surface area (Å²) in [4.78, 5) is 2.06. The van der Waals surface area contributed by atoms with Gasteiger partial charge in [-0.1, -0.05) is 0 Å². The van der Waals surface area contributed by atoms with Gasteiger partial charge in [0.25, 0.3) is 0 Å². The number of ether oxygens (including phenoxy) is 1. The van der Waals surface area contributed by atoms with E-state index in [9.17, 15) is 13.2 Å². The van der Waals surface area contributed by atoms with Crippen LogP contribution in [-0.4, -0.2) is 56.5 Å². The first-order valence-electron chi connectivity index (χ1n) is 5.49. The third-order valence-corrected chi connectivity index (χ3v) is 2.87. The van der Waals surface area contributed by atoms with Gasteiger partial charge in [0.15, 0.2) is 0 Å². The molecule has 0 radical (unpaired) electrons. The lowest BCUT2D eigenvalue weighted by Gasteiger charge is -2.26. The summed E-state index contributed by atoms with van der Waals surface area (Å²) in [5.74, 6) is 0. The largest absolute Gasteiger partial charge is 0.401 e. The fraction of sp³-hybridized carbons (Fsp3) is 1.00. The van der Waals surface area contributed by atoms with E-state index in [1.165, 1.54) is 0 Å². The van der Waals surface area contributed by atoms with Crippen molar-refractivity contribution in [1.82, 2.24) is 10.2 Å². The van der Waals surface area contributed by atoms with Crippen LogP contribution >= 0.6 is 0 Å². The first-order chi connectivity index (χ1) is 7.40. The van der Waals surface area contributed by atoms with Gasteiger partial charge in [0.05, 0.1) is 12.6 Å². The molecule has 0 amide bonds. The lowest BCUT2D eigenvalue weighted by molar-refractivity contribution is -0.124. The van der Waals surface area contributed by atoms with Gasteiger partial charge in [0.1, 0.15) is 0 Å². The Labute approximate surface area is 93.9 Å². The number of nitrogens with one attached hydrogen (secondary N) is 1. The highest BCUT2D eigenvalue weighted by Crippen LogP contribution is 2.17. The van der Waals surface area contributed by atoms with Crippen molar-refractivity contribution in [2.24, 2.45) is 0 Å². The van der Waals surface area contributed by atoms with E-state index in [4.69, 9.17) is 4.74 Å². The van der Waals surface area contributed by atoms with Crippen LogP contribution in [0.3, 0.4) is 0 Å². The average molecular weight is 240 g/mol. The molecular weight excluding hydrogens is 221 g/mol. The molecule has 0 saturated carbocycles. The van der Waals surface area contributed by atoms with E-state index in [0.29, 0.717) is 19.1 Å². The second kappa shape index (κ2) is 5.84. The smallest absolute Gasteiger partial charge is 0.377 e. The number of likely N-dealkylation sites (N-methyl/N-ethyl adjacent to an activating group) is 1. The Balaban J connectivity index is 2.13. The van der Waals surface area contributed by atoms with Gasteiger partial charge in [-0.25, -0.2) is 0 Å². The van der Waals surface area contributed by atoms with Gasteiger partial charge in [-0.05, 0) is 20.4 Å². The maximum Gasteiger partial charge on any atom is 0.401 e. The predicted molar refractivity (Wildman–Crippen MR) is 55.4 cm³/mol. The fourth-order valence-electron chi connectivity index (χ4n) is 1.95. The summed E-state index contributed by atoms with van der Waals surface area (Å²) >= 11 is 0. The summed E-state index contributed by atoms with van der Waals surface area (Å²) < 4.78 is 40.9. The van der Waals surface area contributed by atoms with Crippen molar-refractivity contribution in [3.05, 3.63) is 0 Å². The summed E-state index contributed by atoms with van der Waals surface area (Å²) in [6.07, 6.45) is -2.99. The first-order valence-corrected chi connectivity index (χ1v) is 5.49. The number of rotatable bonds is 5. The Morgan fingerprint density at radius 1 is 1.44 bits per heavy atom. The Bertz CT molecular complexity index is 211. The number of hydrogen-bond donors (Lipinski definition) is 1. The van der Waals surface area contributed by atoms with Gasteiger partial charge in [-0.2, -0.15) is 13.2 Å². The van der Waals surface area contributed by atoms with Crippen molar-refractivity contribution in [1.29, 1.82) is 0 Å². The summed E-state index contributed by atoms with van der Waals surface area (Å²) in [5.41, 5.74) is 0. The Morgan fingerprint density at radius 2 is 2.12 bits per heavy atom. The second-order valence-corrected chi connectivity index (χ2v) is 4.20. The van der Waals surface area contributed by atoms with Gasteiger partial charge in [0, 0.05) is 25.7 Å². The monoisotopic (exact) mass is 240 g/mol. The summed E-state index contributed by atoms with van der Waals surface area (Å²) in [7, 11) is 1.92. The molecule has 0 bridgehead atoms. The zero-order valence-corrected chi connectivity index (χ0v) is 9.68. The molecule has 0 aromatic heterocycles. The molecule has 1 heterocycles. The minimum atomic E-state index is -4.12. The second-order valence-electron chi connectivity index (χ2n) is 4.20. The van der Waals surface area contributed by atoms with Crippen molar-refractivity contribution in [2.45, 2.75) is 31.7 Å². The lowest BCUT2D eigenvalue weighted by Crippen LogP contribution is -2.42. The molecule has 16 heavy (non-hydrogen) atoms. The topological polar surface area (TPSA) is 24.5 Å². The van der Waals surface area contributed by atoms with Gasteiger partial charge in [-0.15, -0.1) is 0 Å². The summed E-state index contributed by atoms with van der Waals surface area (Å²) in [5, 5.41) is 2.39. The maximum atomic E-state index is 11.8. The molecule has 1 saturated heterocycles. The van der Waals surface area contributed by atoms with Crippen LogP contribution in [0.15, 0.2) is 0 Å². The van der Waals surface area contributed by atoms with Crippen LogP contribution in [0, 0.1) is 0 Å². The van der Waals surface area contributed by atoms with Crippen LogP contribution < -0.4 is 5.32 Å². The lowest BCUT2D eigenvalue weighted by atomic mass is 10.1. The normalized spacial score (nSPS) is 26.6. The third-order valence-electron chi connectivity index (χ3n) is 2.87. The Kier molecular flexibility index (Phi) is 5.01. The van der Waals surface area contributed by atoms with Crippen LogP contribution in [0.5, 0.6) is 0 Å². The van der Waals surface area contributed by atoms with Gasteiger partial charge in [0.2, 0.25) is 0 Å². The quantitative estimate of drug-likeness (QED) is 0.732. The Hall–Kier alpha value is -0.330. The maximum absolute atomic E-state index is 11.8. The highest BCUT2D eigenvalue weighted by atomic mass is 19.4. The summed E-state index contributed by atoms with van der Waals surface area (Å²) in [6.45, 7) is 2.77. The van der Waals surface area contributed by atoms with Crippen molar-refractivity contribution in [2.75, 3.05) is 33.3 Å². The Morgan fingerprint density at radius 3 is 2.62 bits per heavy atom. The van der Waals surface area contributed by atoms with E-state index < -0.39 is 12.7 Å². The molecule has 2 atom stereocenters. The molecule has 96 valence electrons. The molecule has 0 aliphatic carbocycles. The first kappa shape index (κ1) is 13.7. The van der Waals surface area contributed by atoms with E-state index in [2.05, 4.69) is 10.2 Å². The van der Waals surface area contributed by atoms with Crippen LogP contribution in [0.1, 0.15) is 13.3 Å². The van der Waals surface area contributed by atoms with E-state index in [1.54, 1.807) is 0 Å². The highest BCUT2D eigenvalue weighted by molar-refractivity contribution is 4.80. The molecular formula is C10H19F3N2O. The van der Waals surface area contributed by atoms with Crippen molar-refractivity contribution < 1.29 is 17.9 Å².